The van der Waals surface area contributed by atoms with Gasteiger partial charge in [-0.05, 0) is 48.5 Å². The van der Waals surface area contributed by atoms with Gasteiger partial charge >= 0.3 is 0 Å². The average molecular weight is 1060 g/mol. The molecule has 26 nitrogen and oxygen atoms in total. The summed E-state index contributed by atoms with van der Waals surface area (Å²) < 4.78 is 62.6. The Morgan fingerprint density at radius 3 is 1.99 bits per heavy atom. The summed E-state index contributed by atoms with van der Waals surface area (Å²) in [5.74, 6) is 1.54. The number of anilines is 1. The number of nitrogens with one attached hydrogen (secondary N) is 2. The molecule has 4 heterocycles. The molecule has 1 aliphatic heterocycles. The molecule has 2 N–H and O–H groups in total. The number of para-hydroxylation sites is 1. The van der Waals surface area contributed by atoms with E-state index in [0.29, 0.717) is 145 Å². The number of aromatic nitrogens is 4. The Kier molecular flexibility index (Phi) is 22.3. The van der Waals surface area contributed by atoms with Crippen LogP contribution in [-0.2, 0) is 51.0 Å². The quantitative estimate of drug-likeness (QED) is 0.0224. The number of H-pyrrole nitrogens is 1. The molecule has 76 heavy (non-hydrogen) atoms. The lowest BCUT2D eigenvalue weighted by atomic mass is 10.0. The van der Waals surface area contributed by atoms with Crippen LogP contribution in [0.3, 0.4) is 0 Å². The molecule has 0 bridgehead atoms. The van der Waals surface area contributed by atoms with E-state index >= 15 is 0 Å². The summed E-state index contributed by atoms with van der Waals surface area (Å²) >= 11 is 0. The number of hydrogen-bond donors (Lipinski definition) is 2. The van der Waals surface area contributed by atoms with Gasteiger partial charge in [0.25, 0.3) is 23.2 Å². The molecule has 0 atom stereocenters. The summed E-state index contributed by atoms with van der Waals surface area (Å²) in [7, 11) is 1.58. The standard InChI is InChI=1S/C50H61N9O17/c1-66-45-11-10-40(44-9-4-18-76-44)47-46(45)41(32-52-47)50(61)56-15-13-55(14-16-56)49(60)37-5-2-6-39(31-37)75-30-29-71-28-27-70-26-25-69-24-23-68-22-21-67-20-17-57-33-38(53-54-57)34-73-36-74-35-72-19-12-51-48-42(58(62)63)7-3-8-43(48)59(64)65/h2-11,18,31-33,51-52H,12-17,19-30,34-36H2,1H3. The van der Waals surface area contributed by atoms with Crippen molar-refractivity contribution in [2.75, 3.05) is 138 Å². The third kappa shape index (κ3) is 16.5. The number of carbonyl (C=O) groups is 2. The molecular weight excluding hydrogens is 999 g/mol. The molecule has 0 radical (unpaired) electrons. The van der Waals surface area contributed by atoms with Crippen LogP contribution < -0.4 is 14.8 Å². The molecule has 0 spiro atoms. The van der Waals surface area contributed by atoms with Crippen LogP contribution >= 0.6 is 0 Å². The minimum Gasteiger partial charge on any atom is -0.496 e. The van der Waals surface area contributed by atoms with E-state index in [2.05, 4.69) is 20.6 Å². The first-order chi connectivity index (χ1) is 37.2. The third-order valence-corrected chi connectivity index (χ3v) is 11.5. The van der Waals surface area contributed by atoms with E-state index in [-0.39, 0.29) is 50.8 Å². The molecule has 3 aromatic carbocycles. The van der Waals surface area contributed by atoms with E-state index in [1.54, 1.807) is 64.5 Å². The van der Waals surface area contributed by atoms with Gasteiger partial charge in [-0.3, -0.25) is 29.8 Å². The molecule has 3 aromatic heterocycles. The van der Waals surface area contributed by atoms with Crippen molar-refractivity contribution in [2.45, 2.75) is 13.2 Å². The van der Waals surface area contributed by atoms with Gasteiger partial charge in [-0.15, -0.1) is 5.10 Å². The molecule has 7 rings (SSSR count). The monoisotopic (exact) mass is 1060 g/mol. The van der Waals surface area contributed by atoms with Crippen molar-refractivity contribution in [3.05, 3.63) is 122 Å². The average Bonchev–Trinajstić information content (AvgIpc) is 4.25. The van der Waals surface area contributed by atoms with Gasteiger partial charge in [-0.25, -0.2) is 4.68 Å². The topological polar surface area (TPSA) is 291 Å². The number of ether oxygens (including phenoxy) is 10. The third-order valence-electron chi connectivity index (χ3n) is 11.5. The van der Waals surface area contributed by atoms with E-state index in [1.165, 1.54) is 18.2 Å². The number of carbonyl (C=O) groups excluding carboxylic acids is 2. The number of rotatable bonds is 35. The normalized spacial score (nSPS) is 12.6. The van der Waals surface area contributed by atoms with Crippen LogP contribution in [0.25, 0.3) is 22.2 Å². The highest BCUT2D eigenvalue weighted by Crippen LogP contribution is 2.37. The smallest absolute Gasteiger partial charge is 0.299 e. The number of furan rings is 1. The van der Waals surface area contributed by atoms with Crippen LogP contribution in [0.1, 0.15) is 26.4 Å². The van der Waals surface area contributed by atoms with Gasteiger partial charge in [0, 0.05) is 62.2 Å². The van der Waals surface area contributed by atoms with E-state index in [4.69, 9.17) is 51.8 Å². The van der Waals surface area contributed by atoms with Crippen LogP contribution in [0, 0.1) is 20.2 Å². The predicted octanol–water partition coefficient (Wildman–Crippen LogP) is 5.18. The number of fused-ring (bicyclic) bond motifs is 1. The molecule has 0 aliphatic carbocycles. The van der Waals surface area contributed by atoms with Crippen molar-refractivity contribution in [1.82, 2.24) is 29.8 Å². The summed E-state index contributed by atoms with van der Waals surface area (Å²) in [4.78, 5) is 55.1. The lowest BCUT2D eigenvalue weighted by Crippen LogP contribution is -2.50. The first-order valence-electron chi connectivity index (χ1n) is 24.4. The fourth-order valence-corrected chi connectivity index (χ4v) is 7.87. The Hall–Kier alpha value is -7.56. The second-order valence-electron chi connectivity index (χ2n) is 16.5. The SMILES string of the molecule is COc1ccc(-c2ccco2)c2[nH]cc(C(=O)N3CCN(C(=O)c4cccc(OCCOCCOCCOCCOCCOCCn5cc(COCOCOCCNc6c([N+](=O)[O-])cccc6[N+](=O)[O-])nn5)c4)CC3)c12. The van der Waals surface area contributed by atoms with E-state index < -0.39 is 21.2 Å². The van der Waals surface area contributed by atoms with E-state index in [1.807, 2.05) is 24.3 Å². The van der Waals surface area contributed by atoms with E-state index in [0.717, 1.165) is 11.1 Å². The van der Waals surface area contributed by atoms with E-state index in [9.17, 15) is 29.8 Å². The van der Waals surface area contributed by atoms with Crippen LogP contribution in [0.4, 0.5) is 17.1 Å². The number of nitrogens with zero attached hydrogens (tertiary/aromatic N) is 7. The van der Waals surface area contributed by atoms with Crippen molar-refractivity contribution < 1.29 is 71.2 Å². The summed E-state index contributed by atoms with van der Waals surface area (Å²) in [6, 6.07) is 18.1. The Balaban J connectivity index is 0.635. The molecule has 408 valence electrons. The highest BCUT2D eigenvalue weighted by atomic mass is 16.7. The first kappa shape index (κ1) is 56.2. The molecule has 26 heteroatoms. The fourth-order valence-electron chi connectivity index (χ4n) is 7.87. The lowest BCUT2D eigenvalue weighted by molar-refractivity contribution is -0.392. The fraction of sp³-hybridized carbons (Fsp3) is 0.440. The van der Waals surface area contributed by atoms with Gasteiger partial charge in [-0.1, -0.05) is 11.3 Å². The van der Waals surface area contributed by atoms with Gasteiger partial charge in [0.1, 0.15) is 43.1 Å². The van der Waals surface area contributed by atoms with Crippen molar-refractivity contribution in [3.8, 4) is 22.8 Å². The summed E-state index contributed by atoms with van der Waals surface area (Å²) in [5.41, 5.74) is 2.16. The number of aromatic amines is 1. The first-order valence-corrected chi connectivity index (χ1v) is 24.4. The second-order valence-corrected chi connectivity index (χ2v) is 16.5. The highest BCUT2D eigenvalue weighted by molar-refractivity contribution is 6.12. The molecule has 1 fully saturated rings. The molecule has 6 aromatic rings. The summed E-state index contributed by atoms with van der Waals surface area (Å²) in [5, 5.41) is 33.9. The van der Waals surface area contributed by atoms with Crippen molar-refractivity contribution in [2.24, 2.45) is 0 Å². The largest absolute Gasteiger partial charge is 0.496 e. The van der Waals surface area contributed by atoms with Gasteiger partial charge in [0.2, 0.25) is 0 Å². The van der Waals surface area contributed by atoms with Crippen LogP contribution in [-0.4, -0.2) is 184 Å². The second kappa shape index (κ2) is 30.1. The number of nitro groups is 2. The highest BCUT2D eigenvalue weighted by Gasteiger charge is 2.29. The van der Waals surface area contributed by atoms with Gasteiger partial charge in [0.15, 0.2) is 5.69 Å². The molecule has 0 saturated carbocycles. The zero-order chi connectivity index (χ0) is 53.3. The Bertz CT molecular complexity index is 2730. The maximum absolute atomic E-state index is 13.8. The van der Waals surface area contributed by atoms with Crippen LogP contribution in [0.15, 0.2) is 89.8 Å². The van der Waals surface area contributed by atoms with Gasteiger partial charge in [0.05, 0.1) is 132 Å². The van der Waals surface area contributed by atoms with Crippen molar-refractivity contribution in [3.63, 3.8) is 0 Å². The number of piperazine rings is 1. The molecular formula is C50H61N9O17. The number of benzene rings is 3. The predicted molar refractivity (Wildman–Crippen MR) is 270 cm³/mol. The zero-order valence-electron chi connectivity index (χ0n) is 42.0. The number of nitro benzene ring substituents is 2. The minimum atomic E-state index is -0.695. The lowest BCUT2D eigenvalue weighted by Gasteiger charge is -2.34. The van der Waals surface area contributed by atoms with Gasteiger partial charge < -0.3 is 71.9 Å². The molecule has 1 aliphatic rings. The van der Waals surface area contributed by atoms with Crippen molar-refractivity contribution >= 4 is 39.8 Å². The van der Waals surface area contributed by atoms with Crippen LogP contribution in [0.2, 0.25) is 0 Å². The maximum atomic E-state index is 13.8. The molecule has 2 amide bonds. The van der Waals surface area contributed by atoms with Crippen molar-refractivity contribution in [1.29, 1.82) is 0 Å². The summed E-state index contributed by atoms with van der Waals surface area (Å²) in [6.45, 7) is 6.37. The maximum Gasteiger partial charge on any atom is 0.299 e. The zero-order valence-corrected chi connectivity index (χ0v) is 42.0. The van der Waals surface area contributed by atoms with Gasteiger partial charge in [-0.2, -0.15) is 0 Å². The Morgan fingerprint density at radius 1 is 0.711 bits per heavy atom. The summed E-state index contributed by atoms with van der Waals surface area (Å²) in [6.07, 6.45) is 5.03. The minimum absolute atomic E-state index is 0.0695. The number of hydrogen-bond acceptors (Lipinski definition) is 20. The Labute approximate surface area is 436 Å². The Morgan fingerprint density at radius 2 is 1.34 bits per heavy atom. The van der Waals surface area contributed by atoms with Crippen LogP contribution in [0.5, 0.6) is 11.5 Å². The number of amides is 2. The molecule has 0 unspecified atom stereocenters. The number of methoxy groups -OCH3 is 1. The molecule has 1 saturated heterocycles.